The zero-order valence-electron chi connectivity index (χ0n) is 16.6. The van der Waals surface area contributed by atoms with E-state index in [1.54, 1.807) is 24.4 Å². The number of aryl methyl sites for hydroxylation is 1. The Kier molecular flexibility index (Phi) is 6.44. The molecule has 0 bridgehead atoms. The van der Waals surface area contributed by atoms with Gasteiger partial charge in [-0.2, -0.15) is 5.10 Å². The molecule has 4 aromatic rings. The lowest BCUT2D eigenvalue weighted by atomic mass is 10.2. The molecule has 0 aliphatic heterocycles. The molecule has 3 aromatic carbocycles. The predicted octanol–water partition coefficient (Wildman–Crippen LogP) is 6.48. The van der Waals surface area contributed by atoms with Crippen LogP contribution in [0.4, 0.5) is 5.69 Å². The highest BCUT2D eigenvalue weighted by Gasteiger charge is 2.10. The molecule has 1 aromatic heterocycles. The number of aromatic nitrogens is 1. The zero-order valence-corrected chi connectivity index (χ0v) is 19.7. The molecular formula is C24H18Br2N4O. The first-order chi connectivity index (χ1) is 15.0. The van der Waals surface area contributed by atoms with Gasteiger partial charge in [-0.1, -0.05) is 52.3 Å². The van der Waals surface area contributed by atoms with E-state index in [0.29, 0.717) is 11.5 Å². The first kappa shape index (κ1) is 21.2. The highest BCUT2D eigenvalue weighted by atomic mass is 79.9. The summed E-state index contributed by atoms with van der Waals surface area (Å²) in [5.74, 6) is 0.691. The molecule has 0 saturated heterocycles. The summed E-state index contributed by atoms with van der Waals surface area (Å²) in [6.45, 7) is 2.00. The molecule has 7 heteroatoms. The Hall–Kier alpha value is -3.03. The molecule has 5 nitrogen and oxygen atoms in total. The van der Waals surface area contributed by atoms with Crippen LogP contribution in [0.5, 0.6) is 5.75 Å². The summed E-state index contributed by atoms with van der Waals surface area (Å²) in [5, 5.41) is 15.0. The van der Waals surface area contributed by atoms with Gasteiger partial charge in [-0.25, -0.2) is 9.98 Å². The number of rotatable bonds is 4. The number of benzene rings is 3. The highest BCUT2D eigenvalue weighted by Crippen LogP contribution is 2.33. The van der Waals surface area contributed by atoms with E-state index in [2.05, 4.69) is 42.4 Å². The Morgan fingerprint density at radius 1 is 1.00 bits per heavy atom. The Labute approximate surface area is 196 Å². The number of phenols is 1. The number of fused-ring (bicyclic) bond motifs is 1. The van der Waals surface area contributed by atoms with Crippen LogP contribution >= 0.6 is 31.9 Å². The number of aromatic hydroxyl groups is 1. The van der Waals surface area contributed by atoms with Crippen LogP contribution in [0.15, 0.2) is 91.8 Å². The molecule has 0 unspecified atom stereocenters. The molecule has 154 valence electrons. The Balaban J connectivity index is 1.76. The number of halogens is 2. The van der Waals surface area contributed by atoms with Gasteiger partial charge in [0, 0.05) is 14.3 Å². The molecule has 0 aliphatic carbocycles. The number of nitrogens with zero attached hydrogens (tertiary/aromatic N) is 3. The van der Waals surface area contributed by atoms with Crippen molar-refractivity contribution < 1.29 is 5.11 Å². The molecule has 0 aliphatic rings. The van der Waals surface area contributed by atoms with E-state index in [9.17, 15) is 5.11 Å². The molecule has 0 radical (unpaired) electrons. The van der Waals surface area contributed by atoms with Gasteiger partial charge in [-0.05, 0) is 70.4 Å². The average Bonchev–Trinajstić information content (AvgIpc) is 2.74. The predicted molar refractivity (Wildman–Crippen MR) is 133 cm³/mol. The number of nitrogens with one attached hydrogen (secondary N) is 1. The van der Waals surface area contributed by atoms with Crippen LogP contribution in [-0.4, -0.2) is 22.1 Å². The maximum Gasteiger partial charge on any atom is 0.173 e. The van der Waals surface area contributed by atoms with Crippen molar-refractivity contribution in [3.8, 4) is 5.75 Å². The minimum Gasteiger partial charge on any atom is -0.508 e. The fraction of sp³-hybridized carbons (Fsp3) is 0.0417. The minimum atomic E-state index is 0.184. The van der Waals surface area contributed by atoms with Crippen LogP contribution in [-0.2, 0) is 0 Å². The van der Waals surface area contributed by atoms with Gasteiger partial charge >= 0.3 is 0 Å². The summed E-state index contributed by atoms with van der Waals surface area (Å²) < 4.78 is 1.83. The number of phenolic OH excluding ortho intramolecular Hbond substituents is 1. The van der Waals surface area contributed by atoms with Crippen LogP contribution in [0.3, 0.4) is 0 Å². The summed E-state index contributed by atoms with van der Waals surface area (Å²) in [6.07, 6.45) is 1.62. The Bertz CT molecular complexity index is 1290. The monoisotopic (exact) mass is 536 g/mol. The van der Waals surface area contributed by atoms with Crippen LogP contribution in [0.25, 0.3) is 10.9 Å². The summed E-state index contributed by atoms with van der Waals surface area (Å²) in [5.41, 5.74) is 7.12. The molecule has 0 spiro atoms. The van der Waals surface area contributed by atoms with Gasteiger partial charge in [-0.3, -0.25) is 5.43 Å². The molecular weight excluding hydrogens is 520 g/mol. The fourth-order valence-electron chi connectivity index (χ4n) is 3.06. The lowest BCUT2D eigenvalue weighted by molar-refractivity contribution is 0.475. The largest absolute Gasteiger partial charge is 0.508 e. The number of amidine groups is 1. The Morgan fingerprint density at radius 3 is 2.65 bits per heavy atom. The van der Waals surface area contributed by atoms with Crippen LogP contribution in [0.1, 0.15) is 16.8 Å². The number of para-hydroxylation sites is 1. The number of pyridine rings is 1. The van der Waals surface area contributed by atoms with Crippen molar-refractivity contribution in [3.05, 3.63) is 98.6 Å². The van der Waals surface area contributed by atoms with E-state index >= 15 is 0 Å². The third kappa shape index (κ3) is 5.18. The molecule has 0 amide bonds. The maximum atomic E-state index is 9.65. The summed E-state index contributed by atoms with van der Waals surface area (Å²) in [4.78, 5) is 9.59. The molecule has 0 saturated carbocycles. The molecule has 2 N–H and O–H groups in total. The van der Waals surface area contributed by atoms with Gasteiger partial charge in [0.15, 0.2) is 5.84 Å². The SMILES string of the molecule is Cc1cc(Br)cc(Br)c1N=C(N/N=C/c1cccc(O)c1)c1ccc2ccccc2n1. The normalized spacial score (nSPS) is 11.9. The minimum absolute atomic E-state index is 0.184. The van der Waals surface area contributed by atoms with Crippen LogP contribution in [0, 0.1) is 6.92 Å². The zero-order chi connectivity index (χ0) is 21.8. The van der Waals surface area contributed by atoms with Crippen molar-refractivity contribution in [2.75, 3.05) is 0 Å². The fourth-order valence-corrected chi connectivity index (χ4v) is 4.59. The second-order valence-electron chi connectivity index (χ2n) is 6.87. The highest BCUT2D eigenvalue weighted by molar-refractivity contribution is 9.11. The van der Waals surface area contributed by atoms with Crippen molar-refractivity contribution in [1.82, 2.24) is 10.4 Å². The van der Waals surface area contributed by atoms with Gasteiger partial charge in [0.25, 0.3) is 0 Å². The number of aliphatic imine (C=N–C) groups is 1. The van der Waals surface area contributed by atoms with E-state index in [1.165, 1.54) is 0 Å². The Morgan fingerprint density at radius 2 is 1.84 bits per heavy atom. The standard InChI is InChI=1S/C24H18Br2N4O/c1-15-11-18(25)13-20(26)23(15)29-24(30-27-14-16-5-4-7-19(31)12-16)22-10-9-17-6-2-3-8-21(17)28-22/h2-14,31H,1H3,(H,29,30)/b27-14+. The first-order valence-electron chi connectivity index (χ1n) is 9.48. The van der Waals surface area contributed by atoms with Crippen LogP contribution in [0.2, 0.25) is 0 Å². The van der Waals surface area contributed by atoms with Crippen molar-refractivity contribution in [2.24, 2.45) is 10.1 Å². The van der Waals surface area contributed by atoms with E-state index in [0.717, 1.165) is 36.7 Å². The molecule has 1 heterocycles. The summed E-state index contributed by atoms with van der Waals surface area (Å²) >= 11 is 7.11. The van der Waals surface area contributed by atoms with Gasteiger partial charge in [0.05, 0.1) is 17.4 Å². The second kappa shape index (κ2) is 9.41. The van der Waals surface area contributed by atoms with Gasteiger partial charge in [-0.15, -0.1) is 0 Å². The molecule has 31 heavy (non-hydrogen) atoms. The molecule has 0 fully saturated rings. The third-order valence-corrected chi connectivity index (χ3v) is 5.60. The van der Waals surface area contributed by atoms with Gasteiger partial charge in [0.1, 0.15) is 11.4 Å². The van der Waals surface area contributed by atoms with Crippen molar-refractivity contribution in [3.63, 3.8) is 0 Å². The van der Waals surface area contributed by atoms with Crippen molar-refractivity contribution >= 4 is 60.5 Å². The van der Waals surface area contributed by atoms with Gasteiger partial charge < -0.3 is 5.11 Å². The number of hydrazone groups is 1. The first-order valence-corrected chi connectivity index (χ1v) is 11.1. The number of hydrogen-bond donors (Lipinski definition) is 2. The van der Waals surface area contributed by atoms with Crippen molar-refractivity contribution in [1.29, 1.82) is 0 Å². The average molecular weight is 538 g/mol. The summed E-state index contributed by atoms with van der Waals surface area (Å²) in [6, 6.07) is 22.7. The van der Waals surface area contributed by atoms with E-state index in [4.69, 9.17) is 9.98 Å². The number of hydrogen-bond acceptors (Lipinski definition) is 4. The van der Waals surface area contributed by atoms with Crippen LogP contribution < -0.4 is 5.43 Å². The van der Waals surface area contributed by atoms with E-state index < -0.39 is 0 Å². The van der Waals surface area contributed by atoms with Crippen molar-refractivity contribution in [2.45, 2.75) is 6.92 Å². The van der Waals surface area contributed by atoms with Gasteiger partial charge in [0.2, 0.25) is 0 Å². The third-order valence-electron chi connectivity index (χ3n) is 4.54. The maximum absolute atomic E-state index is 9.65. The van der Waals surface area contributed by atoms with E-state index in [1.807, 2.05) is 61.5 Å². The molecule has 4 rings (SSSR count). The second-order valence-corrected chi connectivity index (χ2v) is 8.64. The van der Waals surface area contributed by atoms with E-state index in [-0.39, 0.29) is 5.75 Å². The molecule has 0 atom stereocenters. The quantitative estimate of drug-likeness (QED) is 0.178. The summed E-state index contributed by atoms with van der Waals surface area (Å²) in [7, 11) is 0. The lowest BCUT2D eigenvalue weighted by Gasteiger charge is -2.10. The smallest absolute Gasteiger partial charge is 0.173 e. The topological polar surface area (TPSA) is 69.9 Å². The lowest BCUT2D eigenvalue weighted by Crippen LogP contribution is -2.20.